The summed E-state index contributed by atoms with van der Waals surface area (Å²) in [6, 6.07) is 14.9. The molecule has 5 heteroatoms. The summed E-state index contributed by atoms with van der Waals surface area (Å²) in [5, 5.41) is 12.1. The van der Waals surface area contributed by atoms with Crippen molar-refractivity contribution >= 4 is 16.9 Å². The fraction of sp³-hybridized carbons (Fsp3) is 0.222. The topological polar surface area (TPSA) is 78.0 Å². The van der Waals surface area contributed by atoms with Crippen LogP contribution < -0.4 is 5.32 Å². The molecule has 0 aliphatic carbocycles. The summed E-state index contributed by atoms with van der Waals surface area (Å²) in [7, 11) is 0. The van der Waals surface area contributed by atoms with Crippen molar-refractivity contribution in [3.63, 3.8) is 0 Å². The molecule has 2 aromatic carbocycles. The lowest BCUT2D eigenvalue weighted by atomic mass is 10.1. The number of rotatable bonds is 6. The lowest BCUT2D eigenvalue weighted by Gasteiger charge is -2.05. The molecule has 0 atom stereocenters. The van der Waals surface area contributed by atoms with Gasteiger partial charge in [-0.3, -0.25) is 4.79 Å². The van der Waals surface area contributed by atoms with E-state index in [9.17, 15) is 9.90 Å². The molecule has 0 radical (unpaired) electrons. The Kier molecular flexibility index (Phi) is 4.57. The molecule has 0 fully saturated rings. The van der Waals surface area contributed by atoms with Crippen LogP contribution in [-0.2, 0) is 17.6 Å². The van der Waals surface area contributed by atoms with Crippen molar-refractivity contribution in [3.8, 4) is 5.75 Å². The van der Waals surface area contributed by atoms with E-state index in [4.69, 9.17) is 0 Å². The number of amides is 1. The fourth-order valence-corrected chi connectivity index (χ4v) is 2.45. The smallest absolute Gasteiger partial charge is 0.220 e. The Morgan fingerprint density at radius 3 is 2.65 bits per heavy atom. The van der Waals surface area contributed by atoms with Gasteiger partial charge in [0.1, 0.15) is 11.6 Å². The predicted octanol–water partition coefficient (Wildman–Crippen LogP) is 2.56. The van der Waals surface area contributed by atoms with E-state index in [1.165, 1.54) is 0 Å². The molecule has 3 rings (SSSR count). The number of phenolic OH excluding ortho intramolecular Hbond substituents is 1. The van der Waals surface area contributed by atoms with Gasteiger partial charge in [-0.15, -0.1) is 0 Å². The highest BCUT2D eigenvalue weighted by atomic mass is 16.3. The van der Waals surface area contributed by atoms with Crippen LogP contribution in [0.25, 0.3) is 11.0 Å². The predicted molar refractivity (Wildman–Crippen MR) is 89.2 cm³/mol. The van der Waals surface area contributed by atoms with E-state index in [-0.39, 0.29) is 11.7 Å². The molecule has 23 heavy (non-hydrogen) atoms. The number of nitrogens with zero attached hydrogens (tertiary/aromatic N) is 1. The summed E-state index contributed by atoms with van der Waals surface area (Å²) in [4.78, 5) is 19.6. The molecule has 0 unspecified atom stereocenters. The zero-order valence-electron chi connectivity index (χ0n) is 12.7. The maximum Gasteiger partial charge on any atom is 0.220 e. The van der Waals surface area contributed by atoms with Crippen molar-refractivity contribution in [2.24, 2.45) is 0 Å². The molecule has 0 spiro atoms. The first-order valence-electron chi connectivity index (χ1n) is 7.69. The molecule has 0 aliphatic heterocycles. The van der Waals surface area contributed by atoms with Gasteiger partial charge in [0.2, 0.25) is 5.91 Å². The summed E-state index contributed by atoms with van der Waals surface area (Å²) in [5.74, 6) is 1.10. The minimum Gasteiger partial charge on any atom is -0.508 e. The van der Waals surface area contributed by atoms with Gasteiger partial charge < -0.3 is 15.4 Å². The van der Waals surface area contributed by atoms with Crippen LogP contribution in [0.3, 0.4) is 0 Å². The third kappa shape index (κ3) is 4.10. The molecule has 3 aromatic rings. The molecule has 0 aliphatic rings. The Hall–Kier alpha value is -2.82. The van der Waals surface area contributed by atoms with Crippen molar-refractivity contribution < 1.29 is 9.90 Å². The minimum absolute atomic E-state index is 0.0178. The molecule has 1 heterocycles. The monoisotopic (exact) mass is 309 g/mol. The van der Waals surface area contributed by atoms with Gasteiger partial charge in [-0.25, -0.2) is 4.98 Å². The van der Waals surface area contributed by atoms with Gasteiger partial charge in [-0.05, 0) is 36.2 Å². The highest BCUT2D eigenvalue weighted by Gasteiger charge is 2.06. The fourth-order valence-electron chi connectivity index (χ4n) is 2.45. The maximum absolute atomic E-state index is 11.9. The number of para-hydroxylation sites is 2. The van der Waals surface area contributed by atoms with Gasteiger partial charge in [-0.1, -0.05) is 24.3 Å². The summed E-state index contributed by atoms with van der Waals surface area (Å²) >= 11 is 0. The van der Waals surface area contributed by atoms with Gasteiger partial charge in [-0.2, -0.15) is 0 Å². The quantitative estimate of drug-likeness (QED) is 0.655. The third-order valence-electron chi connectivity index (χ3n) is 3.70. The van der Waals surface area contributed by atoms with Crippen molar-refractivity contribution in [1.29, 1.82) is 0 Å². The van der Waals surface area contributed by atoms with Crippen LogP contribution in [0.15, 0.2) is 48.5 Å². The van der Waals surface area contributed by atoms with Crippen LogP contribution in [0.5, 0.6) is 5.75 Å². The molecule has 3 N–H and O–H groups in total. The number of hydrogen-bond donors (Lipinski definition) is 3. The summed E-state index contributed by atoms with van der Waals surface area (Å²) in [6.07, 6.45) is 1.76. The zero-order chi connectivity index (χ0) is 16.1. The van der Waals surface area contributed by atoms with Crippen LogP contribution in [0, 0.1) is 0 Å². The number of carbonyl (C=O) groups is 1. The molecule has 1 aromatic heterocycles. The second kappa shape index (κ2) is 6.96. The standard InChI is InChI=1S/C18H19N3O2/c22-14-7-5-13(6-8-14)11-12-19-18(23)10-9-17-20-15-3-1-2-4-16(15)21-17/h1-8,22H,9-12H2,(H,19,23)(H,20,21). The minimum atomic E-state index is 0.0178. The number of aromatic nitrogens is 2. The summed E-state index contributed by atoms with van der Waals surface area (Å²) in [5.41, 5.74) is 3.01. The number of H-pyrrole nitrogens is 1. The Morgan fingerprint density at radius 2 is 1.87 bits per heavy atom. The van der Waals surface area contributed by atoms with E-state index in [0.29, 0.717) is 19.4 Å². The second-order valence-electron chi connectivity index (χ2n) is 5.47. The zero-order valence-corrected chi connectivity index (χ0v) is 12.7. The number of fused-ring (bicyclic) bond motifs is 1. The van der Waals surface area contributed by atoms with E-state index in [1.54, 1.807) is 12.1 Å². The number of aromatic hydroxyl groups is 1. The number of carbonyl (C=O) groups excluding carboxylic acids is 1. The van der Waals surface area contributed by atoms with Gasteiger partial charge in [0.15, 0.2) is 0 Å². The average molecular weight is 309 g/mol. The largest absolute Gasteiger partial charge is 0.508 e. The average Bonchev–Trinajstić information content (AvgIpc) is 2.98. The van der Waals surface area contributed by atoms with Crippen LogP contribution in [-0.4, -0.2) is 27.5 Å². The molecular formula is C18H19N3O2. The van der Waals surface area contributed by atoms with Gasteiger partial charge in [0, 0.05) is 19.4 Å². The number of aromatic amines is 1. The highest BCUT2D eigenvalue weighted by molar-refractivity contribution is 5.77. The number of phenols is 1. The third-order valence-corrected chi connectivity index (χ3v) is 3.70. The molecular weight excluding hydrogens is 290 g/mol. The lowest BCUT2D eigenvalue weighted by Crippen LogP contribution is -2.25. The van der Waals surface area contributed by atoms with Crippen molar-refractivity contribution in [2.45, 2.75) is 19.3 Å². The number of imidazole rings is 1. The maximum atomic E-state index is 11.9. The Labute approximate surface area is 134 Å². The van der Waals surface area contributed by atoms with E-state index in [1.807, 2.05) is 36.4 Å². The molecule has 5 nitrogen and oxygen atoms in total. The van der Waals surface area contributed by atoms with Gasteiger partial charge in [0.25, 0.3) is 0 Å². The van der Waals surface area contributed by atoms with Crippen molar-refractivity contribution in [3.05, 3.63) is 59.9 Å². The number of aryl methyl sites for hydroxylation is 1. The van der Waals surface area contributed by atoms with Crippen LogP contribution in [0.4, 0.5) is 0 Å². The number of nitrogens with one attached hydrogen (secondary N) is 2. The molecule has 0 saturated carbocycles. The van der Waals surface area contributed by atoms with E-state index < -0.39 is 0 Å². The normalized spacial score (nSPS) is 10.8. The van der Waals surface area contributed by atoms with Crippen molar-refractivity contribution in [2.75, 3.05) is 6.54 Å². The summed E-state index contributed by atoms with van der Waals surface area (Å²) < 4.78 is 0. The number of benzene rings is 2. The van der Waals surface area contributed by atoms with E-state index in [2.05, 4.69) is 15.3 Å². The lowest BCUT2D eigenvalue weighted by molar-refractivity contribution is -0.121. The summed E-state index contributed by atoms with van der Waals surface area (Å²) in [6.45, 7) is 0.587. The van der Waals surface area contributed by atoms with Gasteiger partial charge >= 0.3 is 0 Å². The molecule has 0 saturated heterocycles. The van der Waals surface area contributed by atoms with E-state index in [0.717, 1.165) is 28.8 Å². The highest BCUT2D eigenvalue weighted by Crippen LogP contribution is 2.11. The first-order valence-corrected chi connectivity index (χ1v) is 7.69. The van der Waals surface area contributed by atoms with Crippen LogP contribution in [0.2, 0.25) is 0 Å². The first kappa shape index (κ1) is 15.1. The van der Waals surface area contributed by atoms with Gasteiger partial charge in [0.05, 0.1) is 11.0 Å². The second-order valence-corrected chi connectivity index (χ2v) is 5.47. The van der Waals surface area contributed by atoms with E-state index >= 15 is 0 Å². The molecule has 118 valence electrons. The van der Waals surface area contributed by atoms with Crippen LogP contribution in [0.1, 0.15) is 17.8 Å². The SMILES string of the molecule is O=C(CCc1nc2ccccc2[nH]1)NCCc1ccc(O)cc1. The van der Waals surface area contributed by atoms with Crippen molar-refractivity contribution in [1.82, 2.24) is 15.3 Å². The Bertz CT molecular complexity index is 760. The Morgan fingerprint density at radius 1 is 1.09 bits per heavy atom. The molecule has 0 bridgehead atoms. The molecule has 1 amide bonds. The Balaban J connectivity index is 1.43. The number of hydrogen-bond acceptors (Lipinski definition) is 3. The van der Waals surface area contributed by atoms with Crippen LogP contribution >= 0.6 is 0 Å². The first-order chi connectivity index (χ1) is 11.2.